The molecule has 1 atom stereocenters. The Morgan fingerprint density at radius 2 is 1.55 bits per heavy atom. The molecule has 0 radical (unpaired) electrons. The maximum Gasteiger partial charge on any atom is -0.00516 e. The molecule has 0 saturated heterocycles. The van der Waals surface area contributed by atoms with Crippen LogP contribution in [0.3, 0.4) is 0 Å². The van der Waals surface area contributed by atoms with E-state index in [1.54, 1.807) is 0 Å². The Bertz CT molecular complexity index is 34.5. The summed E-state index contributed by atoms with van der Waals surface area (Å²) in [4.78, 5) is 0. The fraction of sp³-hybridized carbons (Fsp3) is 1.00. The molecule has 0 saturated carbocycles. The second kappa shape index (κ2) is 22.5. The molecule has 3 N–H and O–H groups in total. The van der Waals surface area contributed by atoms with Crippen LogP contribution in [-0.2, 0) is 0 Å². The summed E-state index contributed by atoms with van der Waals surface area (Å²) in [7, 11) is 3.75. The van der Waals surface area contributed by atoms with Crippen LogP contribution in [0.4, 0.5) is 0 Å². The zero-order chi connectivity index (χ0) is 9.70. The Balaban J connectivity index is -0.000000109. The Morgan fingerprint density at radius 3 is 1.55 bits per heavy atom. The van der Waals surface area contributed by atoms with E-state index in [9.17, 15) is 0 Å². The first-order chi connectivity index (χ1) is 5.22. The van der Waals surface area contributed by atoms with Gasteiger partial charge in [0, 0.05) is 0 Å². The smallest absolute Gasteiger partial charge is 0.00516 e. The largest absolute Gasteiger partial charge is 0.330 e. The zero-order valence-electron chi connectivity index (χ0n) is 9.07. The van der Waals surface area contributed by atoms with Crippen molar-refractivity contribution in [1.29, 1.82) is 0 Å². The van der Waals surface area contributed by atoms with E-state index in [0.29, 0.717) is 5.92 Å². The number of rotatable bonds is 2. The second-order valence-electron chi connectivity index (χ2n) is 2.25. The van der Waals surface area contributed by atoms with Crippen molar-refractivity contribution in [2.45, 2.75) is 34.1 Å². The summed E-state index contributed by atoms with van der Waals surface area (Å²) in [6.07, 6.45) is 1.20. The van der Waals surface area contributed by atoms with Crippen molar-refractivity contribution in [3.05, 3.63) is 0 Å². The van der Waals surface area contributed by atoms with E-state index in [0.717, 1.165) is 6.54 Å². The van der Waals surface area contributed by atoms with Gasteiger partial charge in [-0.25, -0.2) is 0 Å². The van der Waals surface area contributed by atoms with Crippen LogP contribution in [0.25, 0.3) is 0 Å². The Hall–Kier alpha value is -0.0800. The van der Waals surface area contributed by atoms with Crippen molar-refractivity contribution in [2.24, 2.45) is 11.7 Å². The highest BCUT2D eigenvalue weighted by Crippen LogP contribution is 1.93. The quantitative estimate of drug-likeness (QED) is 0.650. The van der Waals surface area contributed by atoms with Crippen LogP contribution in [0.15, 0.2) is 0 Å². The Labute approximate surface area is 72.6 Å². The van der Waals surface area contributed by atoms with Crippen molar-refractivity contribution in [1.82, 2.24) is 5.32 Å². The lowest BCUT2D eigenvalue weighted by Gasteiger charge is -1.98. The van der Waals surface area contributed by atoms with Crippen molar-refractivity contribution in [3.8, 4) is 0 Å². The number of hydrogen-bond acceptors (Lipinski definition) is 2. The predicted molar refractivity (Wildman–Crippen MR) is 54.8 cm³/mol. The molecule has 11 heavy (non-hydrogen) atoms. The van der Waals surface area contributed by atoms with Gasteiger partial charge in [0.15, 0.2) is 0 Å². The molecule has 2 heteroatoms. The fourth-order valence-corrected chi connectivity index (χ4v) is 0.167. The van der Waals surface area contributed by atoms with E-state index in [1.165, 1.54) is 6.42 Å². The van der Waals surface area contributed by atoms with Crippen molar-refractivity contribution in [3.63, 3.8) is 0 Å². The van der Waals surface area contributed by atoms with Gasteiger partial charge in [0.05, 0.1) is 0 Å². The van der Waals surface area contributed by atoms with Gasteiger partial charge in [-0.3, -0.25) is 0 Å². The molecule has 72 valence electrons. The first-order valence-electron chi connectivity index (χ1n) is 4.51. The van der Waals surface area contributed by atoms with Crippen LogP contribution in [0.5, 0.6) is 0 Å². The lowest BCUT2D eigenvalue weighted by Crippen LogP contribution is -2.08. The summed E-state index contributed by atoms with van der Waals surface area (Å²) >= 11 is 0. The number of nitrogens with one attached hydrogen (secondary N) is 1. The van der Waals surface area contributed by atoms with E-state index in [4.69, 9.17) is 5.73 Å². The standard InChI is InChI=1S/C5H13N.C2H7N.C2H6/c1-3-5(2)4-6;1-3-2;1-2/h5H,3-4,6H2,1-2H3;3H,1-2H3;1-2H3. The van der Waals surface area contributed by atoms with Gasteiger partial charge in [-0.05, 0) is 26.6 Å². The van der Waals surface area contributed by atoms with Gasteiger partial charge in [-0.2, -0.15) is 0 Å². The summed E-state index contributed by atoms with van der Waals surface area (Å²) in [6.45, 7) is 9.13. The highest BCUT2D eigenvalue weighted by Gasteiger charge is 1.88. The van der Waals surface area contributed by atoms with E-state index in [2.05, 4.69) is 19.2 Å². The molecule has 0 aromatic heterocycles. The van der Waals surface area contributed by atoms with Crippen LogP contribution in [-0.4, -0.2) is 20.6 Å². The summed E-state index contributed by atoms with van der Waals surface area (Å²) in [5, 5.41) is 2.75. The SMILES string of the molecule is CC.CCC(C)CN.CNC. The average molecular weight is 162 g/mol. The maximum absolute atomic E-state index is 5.28. The van der Waals surface area contributed by atoms with Crippen molar-refractivity contribution < 1.29 is 0 Å². The molecular formula is C9H26N2. The van der Waals surface area contributed by atoms with E-state index in [1.807, 2.05) is 27.9 Å². The molecule has 0 aromatic carbocycles. The zero-order valence-corrected chi connectivity index (χ0v) is 9.07. The van der Waals surface area contributed by atoms with Crippen LogP contribution in [0.2, 0.25) is 0 Å². The number of hydrogen-bond donors (Lipinski definition) is 2. The molecule has 0 heterocycles. The van der Waals surface area contributed by atoms with Gasteiger partial charge in [0.1, 0.15) is 0 Å². The van der Waals surface area contributed by atoms with Gasteiger partial charge in [-0.15, -0.1) is 0 Å². The molecule has 0 aliphatic heterocycles. The second-order valence-corrected chi connectivity index (χ2v) is 2.25. The first kappa shape index (κ1) is 17.1. The summed E-state index contributed by atoms with van der Waals surface area (Å²) in [6, 6.07) is 0. The highest BCUT2D eigenvalue weighted by atomic mass is 14.7. The Kier molecular flexibility index (Phi) is 35.1. The first-order valence-corrected chi connectivity index (χ1v) is 4.51. The molecule has 1 unspecified atom stereocenters. The molecule has 0 bridgehead atoms. The summed E-state index contributed by atoms with van der Waals surface area (Å²) in [5.74, 6) is 0.713. The van der Waals surface area contributed by atoms with E-state index < -0.39 is 0 Å². The normalized spacial score (nSPS) is 10.1. The van der Waals surface area contributed by atoms with Gasteiger partial charge in [0.25, 0.3) is 0 Å². The highest BCUT2D eigenvalue weighted by molar-refractivity contribution is 4.45. The molecule has 0 amide bonds. The van der Waals surface area contributed by atoms with Crippen LogP contribution in [0, 0.1) is 5.92 Å². The predicted octanol–water partition coefficient (Wildman–Crippen LogP) is 1.85. The van der Waals surface area contributed by atoms with Gasteiger partial charge in [-0.1, -0.05) is 34.1 Å². The molecule has 0 aromatic rings. The Morgan fingerprint density at radius 1 is 1.27 bits per heavy atom. The lowest BCUT2D eigenvalue weighted by molar-refractivity contribution is 0.576. The topological polar surface area (TPSA) is 38.0 Å². The van der Waals surface area contributed by atoms with Crippen molar-refractivity contribution in [2.75, 3.05) is 20.6 Å². The molecule has 0 aliphatic carbocycles. The maximum atomic E-state index is 5.28. The fourth-order valence-electron chi connectivity index (χ4n) is 0.167. The lowest BCUT2D eigenvalue weighted by atomic mass is 10.1. The summed E-state index contributed by atoms with van der Waals surface area (Å²) in [5.41, 5.74) is 5.28. The molecule has 0 rings (SSSR count). The van der Waals surface area contributed by atoms with E-state index >= 15 is 0 Å². The van der Waals surface area contributed by atoms with Gasteiger partial charge in [0.2, 0.25) is 0 Å². The monoisotopic (exact) mass is 162 g/mol. The number of nitrogens with two attached hydrogens (primary N) is 1. The molecule has 2 nitrogen and oxygen atoms in total. The van der Waals surface area contributed by atoms with Crippen LogP contribution >= 0.6 is 0 Å². The third kappa shape index (κ3) is 40.5. The van der Waals surface area contributed by atoms with Crippen LogP contribution in [0.1, 0.15) is 34.1 Å². The van der Waals surface area contributed by atoms with E-state index in [-0.39, 0.29) is 0 Å². The average Bonchev–Trinajstić information content (AvgIpc) is 2.08. The minimum atomic E-state index is 0.713. The summed E-state index contributed by atoms with van der Waals surface area (Å²) < 4.78 is 0. The third-order valence-corrected chi connectivity index (χ3v) is 1.10. The third-order valence-electron chi connectivity index (χ3n) is 1.10. The minimum Gasteiger partial charge on any atom is -0.330 e. The molecule has 0 fully saturated rings. The molecule has 0 aliphatic rings. The molecular weight excluding hydrogens is 136 g/mol. The van der Waals surface area contributed by atoms with Gasteiger partial charge >= 0.3 is 0 Å². The van der Waals surface area contributed by atoms with Crippen molar-refractivity contribution >= 4 is 0 Å². The van der Waals surface area contributed by atoms with Crippen LogP contribution < -0.4 is 11.1 Å². The molecule has 0 spiro atoms. The minimum absolute atomic E-state index is 0.713. The van der Waals surface area contributed by atoms with Gasteiger partial charge < -0.3 is 11.1 Å².